The van der Waals surface area contributed by atoms with E-state index in [0.29, 0.717) is 5.69 Å². The summed E-state index contributed by atoms with van der Waals surface area (Å²) in [5, 5.41) is 2.98. The predicted octanol–water partition coefficient (Wildman–Crippen LogP) is 6.90. The van der Waals surface area contributed by atoms with E-state index in [0.717, 1.165) is 42.8 Å². The number of benzene rings is 4. The monoisotopic (exact) mass is 658 g/mol. The highest BCUT2D eigenvalue weighted by Gasteiger charge is 2.73. The molecule has 0 spiro atoms. The zero-order valence-electron chi connectivity index (χ0n) is 22.5. The standard InChI is InChI=1S/C34H25BrCl2N2O3/c1-19-17-21(35)15-16-26(19)38-30(40)27(18-20-9-3-2-4-10-20)39-31(41)28-29(32(39)42)34(37)23-12-6-5-11-22(23)33(28,36)24-13-7-8-14-25(24)34/h2-17,27-29H,18H2,1H3,(H,38,40)/t27-,28-,29-,33?,34?/m0/s1. The number of halogens is 3. The molecule has 1 saturated heterocycles. The van der Waals surface area contributed by atoms with E-state index >= 15 is 0 Å². The number of amides is 3. The van der Waals surface area contributed by atoms with Crippen molar-refractivity contribution in [3.63, 3.8) is 0 Å². The molecular weight excluding hydrogens is 635 g/mol. The van der Waals surface area contributed by atoms with Gasteiger partial charge in [0.1, 0.15) is 15.8 Å². The van der Waals surface area contributed by atoms with Crippen molar-refractivity contribution in [2.75, 3.05) is 5.32 Å². The van der Waals surface area contributed by atoms with Gasteiger partial charge in [0.05, 0.1) is 11.8 Å². The fourth-order valence-corrected chi connectivity index (χ4v) is 8.69. The molecule has 1 heterocycles. The maximum Gasteiger partial charge on any atom is 0.248 e. The Kier molecular flexibility index (Phi) is 6.39. The van der Waals surface area contributed by atoms with Crippen LogP contribution in [0.2, 0.25) is 0 Å². The molecule has 8 heteroatoms. The minimum absolute atomic E-state index is 0.142. The van der Waals surface area contributed by atoms with Crippen LogP contribution in [-0.4, -0.2) is 28.7 Å². The van der Waals surface area contributed by atoms with E-state index in [1.54, 1.807) is 6.07 Å². The topological polar surface area (TPSA) is 66.5 Å². The molecule has 42 heavy (non-hydrogen) atoms. The lowest BCUT2D eigenvalue weighted by Crippen LogP contribution is -2.57. The summed E-state index contributed by atoms with van der Waals surface area (Å²) in [5.74, 6) is -3.39. The third-order valence-electron chi connectivity index (χ3n) is 8.95. The van der Waals surface area contributed by atoms with Crippen LogP contribution in [-0.2, 0) is 30.6 Å². The van der Waals surface area contributed by atoms with Gasteiger partial charge in [-0.15, -0.1) is 23.2 Å². The summed E-state index contributed by atoms with van der Waals surface area (Å²) in [6.07, 6.45) is 0.142. The number of carbonyl (C=O) groups excluding carboxylic acids is 3. The number of hydrogen-bond donors (Lipinski definition) is 1. The van der Waals surface area contributed by atoms with Crippen LogP contribution >= 0.6 is 39.1 Å². The number of likely N-dealkylation sites (tertiary alicyclic amines) is 1. The van der Waals surface area contributed by atoms with Gasteiger partial charge in [-0.05, 0) is 58.5 Å². The van der Waals surface area contributed by atoms with E-state index in [4.69, 9.17) is 23.2 Å². The number of imide groups is 1. The molecule has 1 N–H and O–H groups in total. The quantitative estimate of drug-likeness (QED) is 0.187. The first-order valence-electron chi connectivity index (χ1n) is 13.7. The largest absolute Gasteiger partial charge is 0.324 e. The third kappa shape index (κ3) is 3.71. The highest BCUT2D eigenvalue weighted by molar-refractivity contribution is 9.10. The second kappa shape index (κ2) is 9.80. The van der Waals surface area contributed by atoms with Gasteiger partial charge in [-0.2, -0.15) is 0 Å². The van der Waals surface area contributed by atoms with Crippen molar-refractivity contribution in [1.82, 2.24) is 4.90 Å². The number of aryl methyl sites for hydroxylation is 1. The number of nitrogens with one attached hydrogen (secondary N) is 1. The van der Waals surface area contributed by atoms with Crippen LogP contribution in [0.1, 0.15) is 33.4 Å². The normalized spacial score (nSPS) is 26.0. The van der Waals surface area contributed by atoms with Gasteiger partial charge in [0.2, 0.25) is 17.7 Å². The summed E-state index contributed by atoms with van der Waals surface area (Å²) in [6.45, 7) is 1.88. The van der Waals surface area contributed by atoms with Gasteiger partial charge in [-0.3, -0.25) is 19.3 Å². The van der Waals surface area contributed by atoms with Crippen molar-refractivity contribution >= 4 is 62.5 Å². The Morgan fingerprint density at radius 2 is 1.29 bits per heavy atom. The molecule has 1 aliphatic heterocycles. The van der Waals surface area contributed by atoms with Gasteiger partial charge in [0, 0.05) is 16.6 Å². The number of anilines is 1. The Morgan fingerprint density at radius 3 is 1.76 bits per heavy atom. The van der Waals surface area contributed by atoms with Crippen molar-refractivity contribution in [2.45, 2.75) is 29.1 Å². The molecule has 3 amide bonds. The average Bonchev–Trinajstić information content (AvgIpc) is 3.27. The second-order valence-electron chi connectivity index (χ2n) is 11.2. The lowest BCUT2D eigenvalue weighted by molar-refractivity contribution is -0.146. The molecule has 2 bridgehead atoms. The molecule has 3 atom stereocenters. The molecule has 5 nitrogen and oxygen atoms in total. The summed E-state index contributed by atoms with van der Waals surface area (Å²) in [7, 11) is 0. The van der Waals surface area contributed by atoms with E-state index in [1.807, 2.05) is 97.9 Å². The van der Waals surface area contributed by atoms with Crippen LogP contribution in [0.3, 0.4) is 0 Å². The van der Waals surface area contributed by atoms with Gasteiger partial charge < -0.3 is 5.32 Å². The maximum absolute atomic E-state index is 14.6. The Hall–Kier alpha value is -3.45. The van der Waals surface area contributed by atoms with Crippen molar-refractivity contribution in [3.05, 3.63) is 135 Å². The molecule has 8 rings (SSSR count). The molecule has 0 aromatic heterocycles. The summed E-state index contributed by atoms with van der Waals surface area (Å²) >= 11 is 18.6. The first-order valence-corrected chi connectivity index (χ1v) is 15.3. The van der Waals surface area contributed by atoms with Crippen molar-refractivity contribution < 1.29 is 14.4 Å². The minimum Gasteiger partial charge on any atom is -0.324 e. The van der Waals surface area contributed by atoms with Crippen molar-refractivity contribution in [2.24, 2.45) is 11.8 Å². The highest BCUT2D eigenvalue weighted by Crippen LogP contribution is 2.69. The number of rotatable bonds is 5. The smallest absolute Gasteiger partial charge is 0.248 e. The van der Waals surface area contributed by atoms with Crippen LogP contribution in [0, 0.1) is 18.8 Å². The summed E-state index contributed by atoms with van der Waals surface area (Å²) in [4.78, 5) is 41.8. The van der Waals surface area contributed by atoms with E-state index in [9.17, 15) is 14.4 Å². The zero-order chi connectivity index (χ0) is 29.4. The van der Waals surface area contributed by atoms with E-state index in [1.165, 1.54) is 0 Å². The van der Waals surface area contributed by atoms with Gasteiger partial charge in [-0.25, -0.2) is 0 Å². The zero-order valence-corrected chi connectivity index (χ0v) is 25.6. The fraction of sp³-hybridized carbons (Fsp3) is 0.206. The molecule has 4 aromatic carbocycles. The van der Waals surface area contributed by atoms with Crippen LogP contribution in [0.5, 0.6) is 0 Å². The lowest BCUT2D eigenvalue weighted by Gasteiger charge is -2.54. The van der Waals surface area contributed by atoms with Crippen LogP contribution in [0.25, 0.3) is 0 Å². The maximum atomic E-state index is 14.6. The van der Waals surface area contributed by atoms with Crippen molar-refractivity contribution in [1.29, 1.82) is 0 Å². The van der Waals surface area contributed by atoms with E-state index in [2.05, 4.69) is 21.2 Å². The van der Waals surface area contributed by atoms with Gasteiger partial charge in [-0.1, -0.05) is 94.8 Å². The van der Waals surface area contributed by atoms with E-state index < -0.39 is 45.3 Å². The fourth-order valence-electron chi connectivity index (χ4n) is 7.12. The first kappa shape index (κ1) is 27.4. The molecule has 1 fully saturated rings. The molecular formula is C34H25BrCl2N2O3. The predicted molar refractivity (Wildman–Crippen MR) is 166 cm³/mol. The second-order valence-corrected chi connectivity index (χ2v) is 13.3. The summed E-state index contributed by atoms with van der Waals surface area (Å²) < 4.78 is 0.877. The summed E-state index contributed by atoms with van der Waals surface area (Å²) in [5.41, 5.74) is 5.14. The Labute approximate surface area is 262 Å². The molecule has 3 aliphatic carbocycles. The van der Waals surface area contributed by atoms with Crippen LogP contribution in [0.4, 0.5) is 5.69 Å². The van der Waals surface area contributed by atoms with Gasteiger partial charge in [0.15, 0.2) is 0 Å². The minimum atomic E-state index is -1.31. The van der Waals surface area contributed by atoms with Crippen LogP contribution < -0.4 is 5.32 Å². The molecule has 4 aliphatic rings. The Bertz CT molecular complexity index is 1670. The highest BCUT2D eigenvalue weighted by atomic mass is 79.9. The average molecular weight is 660 g/mol. The first-order chi connectivity index (χ1) is 20.2. The lowest BCUT2D eigenvalue weighted by atomic mass is 9.54. The number of alkyl halides is 2. The number of nitrogens with zero attached hydrogens (tertiary/aromatic N) is 1. The number of hydrogen-bond acceptors (Lipinski definition) is 3. The number of carbonyl (C=O) groups is 3. The third-order valence-corrected chi connectivity index (χ3v) is 10.7. The molecule has 210 valence electrons. The molecule has 0 radical (unpaired) electrons. The summed E-state index contributed by atoms with van der Waals surface area (Å²) in [6, 6.07) is 28.8. The molecule has 4 aromatic rings. The van der Waals surface area contributed by atoms with Gasteiger partial charge >= 0.3 is 0 Å². The molecule has 0 saturated carbocycles. The van der Waals surface area contributed by atoms with Gasteiger partial charge in [0.25, 0.3) is 0 Å². The molecule has 0 unspecified atom stereocenters. The van der Waals surface area contributed by atoms with Crippen molar-refractivity contribution in [3.8, 4) is 0 Å². The van der Waals surface area contributed by atoms with E-state index in [-0.39, 0.29) is 6.42 Å². The van der Waals surface area contributed by atoms with Crippen LogP contribution in [0.15, 0.2) is 102 Å². The Balaban J connectivity index is 1.36. The Morgan fingerprint density at radius 1 is 0.810 bits per heavy atom. The SMILES string of the molecule is Cc1cc(Br)ccc1NC(=O)[C@H](Cc1ccccc1)N1C(=O)[C@@H]2[C@@H](C1=O)C1(Cl)c3ccccc3C2(Cl)c2ccccc21.